The van der Waals surface area contributed by atoms with Crippen molar-refractivity contribution >= 4 is 17.5 Å². The van der Waals surface area contributed by atoms with Crippen LogP contribution in [0.25, 0.3) is 11.1 Å². The number of nitrogens with zero attached hydrogens (tertiary/aromatic N) is 2. The number of benzene rings is 2. The van der Waals surface area contributed by atoms with Crippen LogP contribution < -0.4 is 4.74 Å². The summed E-state index contributed by atoms with van der Waals surface area (Å²) in [4.78, 5) is 19.0. The molecular formula is C23H21ClN2O2. The van der Waals surface area contributed by atoms with Crippen molar-refractivity contribution in [3.8, 4) is 16.9 Å². The number of halogens is 1. The van der Waals surface area contributed by atoms with Crippen LogP contribution in [0.2, 0.25) is 5.02 Å². The first-order valence-corrected chi connectivity index (χ1v) is 9.80. The van der Waals surface area contributed by atoms with Crippen LogP contribution >= 0.6 is 11.6 Å². The fraction of sp³-hybridized carbons (Fsp3) is 0.217. The zero-order valence-corrected chi connectivity index (χ0v) is 16.2. The number of ether oxygens (including phenoxy) is 1. The zero-order chi connectivity index (χ0) is 19.3. The Morgan fingerprint density at radius 2 is 1.64 bits per heavy atom. The molecule has 5 heteroatoms. The van der Waals surface area contributed by atoms with Crippen molar-refractivity contribution in [2.75, 3.05) is 13.1 Å². The monoisotopic (exact) mass is 392 g/mol. The van der Waals surface area contributed by atoms with Gasteiger partial charge in [-0.05, 0) is 35.9 Å². The lowest BCUT2D eigenvalue weighted by atomic mass is 10.1. The minimum atomic E-state index is -0.0236. The number of aromatic nitrogens is 1. The third-order valence-corrected chi connectivity index (χ3v) is 5.19. The van der Waals surface area contributed by atoms with E-state index in [2.05, 4.69) is 4.98 Å². The van der Waals surface area contributed by atoms with E-state index >= 15 is 0 Å². The van der Waals surface area contributed by atoms with E-state index in [1.54, 1.807) is 12.3 Å². The summed E-state index contributed by atoms with van der Waals surface area (Å²) in [5, 5.41) is 0.693. The molecule has 0 spiro atoms. The van der Waals surface area contributed by atoms with E-state index in [4.69, 9.17) is 16.3 Å². The predicted molar refractivity (Wildman–Crippen MR) is 111 cm³/mol. The van der Waals surface area contributed by atoms with Crippen molar-refractivity contribution in [2.24, 2.45) is 0 Å². The lowest BCUT2D eigenvalue weighted by molar-refractivity contribution is 0.0590. The average molecular weight is 393 g/mol. The first-order chi connectivity index (χ1) is 13.7. The maximum absolute atomic E-state index is 12.8. The highest BCUT2D eigenvalue weighted by molar-refractivity contribution is 6.30. The standard InChI is InChI=1S/C23H21ClN2O2/c24-19-7-9-20(10-8-19)28-21-12-14-26(15-13-21)23(27)22-11-6-18(16-25-22)17-4-2-1-3-5-17/h1-11,16,21H,12-15H2. The summed E-state index contributed by atoms with van der Waals surface area (Å²) in [5.74, 6) is 0.789. The highest BCUT2D eigenvalue weighted by Crippen LogP contribution is 2.22. The van der Waals surface area contributed by atoms with Gasteiger partial charge in [-0.15, -0.1) is 0 Å². The molecule has 1 aromatic heterocycles. The fourth-order valence-corrected chi connectivity index (χ4v) is 3.49. The molecule has 1 aliphatic heterocycles. The average Bonchev–Trinajstić information content (AvgIpc) is 2.76. The minimum absolute atomic E-state index is 0.0236. The van der Waals surface area contributed by atoms with Crippen LogP contribution in [0.15, 0.2) is 72.9 Å². The molecule has 0 radical (unpaired) electrons. The van der Waals surface area contributed by atoms with Gasteiger partial charge in [-0.2, -0.15) is 0 Å². The molecule has 0 N–H and O–H groups in total. The molecule has 3 aromatic rings. The first-order valence-electron chi connectivity index (χ1n) is 9.42. The van der Waals surface area contributed by atoms with Crippen LogP contribution in [0, 0.1) is 0 Å². The maximum Gasteiger partial charge on any atom is 0.272 e. The normalized spacial score (nSPS) is 14.7. The number of hydrogen-bond donors (Lipinski definition) is 0. The smallest absolute Gasteiger partial charge is 0.272 e. The van der Waals surface area contributed by atoms with Crippen molar-refractivity contribution in [3.05, 3.63) is 83.6 Å². The molecule has 4 rings (SSSR count). The molecule has 0 unspecified atom stereocenters. The molecule has 28 heavy (non-hydrogen) atoms. The second-order valence-electron chi connectivity index (χ2n) is 6.86. The number of hydrogen-bond acceptors (Lipinski definition) is 3. The van der Waals surface area contributed by atoms with Gasteiger partial charge in [0.25, 0.3) is 5.91 Å². The molecule has 142 valence electrons. The van der Waals surface area contributed by atoms with Crippen LogP contribution in [0.3, 0.4) is 0 Å². The minimum Gasteiger partial charge on any atom is -0.490 e. The number of carbonyl (C=O) groups is 1. The maximum atomic E-state index is 12.8. The van der Waals surface area contributed by atoms with E-state index in [0.717, 1.165) is 29.7 Å². The van der Waals surface area contributed by atoms with Gasteiger partial charge in [-0.3, -0.25) is 9.78 Å². The van der Waals surface area contributed by atoms with Crippen molar-refractivity contribution in [1.29, 1.82) is 0 Å². The number of amides is 1. The molecule has 2 heterocycles. The van der Waals surface area contributed by atoms with Gasteiger partial charge in [0.2, 0.25) is 0 Å². The summed E-state index contributed by atoms with van der Waals surface area (Å²) in [6.45, 7) is 1.33. The first kappa shape index (κ1) is 18.5. The van der Waals surface area contributed by atoms with Crippen molar-refractivity contribution in [3.63, 3.8) is 0 Å². The molecule has 1 aliphatic rings. The van der Waals surface area contributed by atoms with E-state index in [9.17, 15) is 4.79 Å². The number of piperidine rings is 1. The fourth-order valence-electron chi connectivity index (χ4n) is 3.37. The Kier molecular flexibility index (Phi) is 5.58. The third kappa shape index (κ3) is 4.34. The van der Waals surface area contributed by atoms with Crippen LogP contribution in [0.5, 0.6) is 5.75 Å². The Labute approximate surface area is 169 Å². The Morgan fingerprint density at radius 1 is 0.929 bits per heavy atom. The van der Waals surface area contributed by atoms with Crippen molar-refractivity contribution < 1.29 is 9.53 Å². The van der Waals surface area contributed by atoms with Crippen LogP contribution in [0.4, 0.5) is 0 Å². The molecule has 0 aliphatic carbocycles. The van der Waals surface area contributed by atoms with E-state index in [-0.39, 0.29) is 12.0 Å². The summed E-state index contributed by atoms with van der Waals surface area (Å²) in [7, 11) is 0. The number of carbonyl (C=O) groups excluding carboxylic acids is 1. The van der Waals surface area contributed by atoms with Gasteiger partial charge < -0.3 is 9.64 Å². The SMILES string of the molecule is O=C(c1ccc(-c2ccccc2)cn1)N1CCC(Oc2ccc(Cl)cc2)CC1. The van der Waals surface area contributed by atoms with Gasteiger partial charge in [0.15, 0.2) is 0 Å². The van der Waals surface area contributed by atoms with Gasteiger partial charge in [-0.1, -0.05) is 48.0 Å². The summed E-state index contributed by atoms with van der Waals surface area (Å²) >= 11 is 5.91. The summed E-state index contributed by atoms with van der Waals surface area (Å²) < 4.78 is 6.00. The highest BCUT2D eigenvalue weighted by atomic mass is 35.5. The van der Waals surface area contributed by atoms with E-state index in [1.807, 2.05) is 65.6 Å². The van der Waals surface area contributed by atoms with Gasteiger partial charge in [0, 0.05) is 42.7 Å². The Morgan fingerprint density at radius 3 is 2.29 bits per heavy atom. The third-order valence-electron chi connectivity index (χ3n) is 4.94. The van der Waals surface area contributed by atoms with E-state index in [1.165, 1.54) is 0 Å². The lowest BCUT2D eigenvalue weighted by Gasteiger charge is -2.32. The van der Waals surface area contributed by atoms with E-state index in [0.29, 0.717) is 23.8 Å². The Hall–Kier alpha value is -2.85. The largest absolute Gasteiger partial charge is 0.490 e. The Balaban J connectivity index is 1.34. The van der Waals surface area contributed by atoms with Crippen molar-refractivity contribution in [1.82, 2.24) is 9.88 Å². The molecule has 1 amide bonds. The molecule has 0 atom stereocenters. The number of likely N-dealkylation sites (tertiary alicyclic amines) is 1. The lowest BCUT2D eigenvalue weighted by Crippen LogP contribution is -2.42. The van der Waals surface area contributed by atoms with Crippen molar-refractivity contribution in [2.45, 2.75) is 18.9 Å². The second-order valence-corrected chi connectivity index (χ2v) is 7.30. The quantitative estimate of drug-likeness (QED) is 0.621. The molecule has 1 saturated heterocycles. The van der Waals surface area contributed by atoms with Gasteiger partial charge in [0.05, 0.1) is 0 Å². The van der Waals surface area contributed by atoms with Gasteiger partial charge in [0.1, 0.15) is 17.5 Å². The second kappa shape index (κ2) is 8.44. The Bertz CT molecular complexity index is 919. The molecular weight excluding hydrogens is 372 g/mol. The summed E-state index contributed by atoms with van der Waals surface area (Å²) in [6, 6.07) is 21.2. The topological polar surface area (TPSA) is 42.4 Å². The van der Waals surface area contributed by atoms with E-state index < -0.39 is 0 Å². The van der Waals surface area contributed by atoms with Gasteiger partial charge in [-0.25, -0.2) is 0 Å². The van der Waals surface area contributed by atoms with Crippen LogP contribution in [0.1, 0.15) is 23.3 Å². The molecule has 4 nitrogen and oxygen atoms in total. The number of pyridine rings is 1. The predicted octanol–water partition coefficient (Wildman–Crippen LogP) is 5.09. The molecule has 1 fully saturated rings. The molecule has 2 aromatic carbocycles. The summed E-state index contributed by atoms with van der Waals surface area (Å²) in [5.41, 5.74) is 2.58. The van der Waals surface area contributed by atoms with Crippen LogP contribution in [-0.4, -0.2) is 35.0 Å². The van der Waals surface area contributed by atoms with Crippen LogP contribution in [-0.2, 0) is 0 Å². The number of rotatable bonds is 4. The molecule has 0 saturated carbocycles. The highest BCUT2D eigenvalue weighted by Gasteiger charge is 2.25. The van der Waals surface area contributed by atoms with Gasteiger partial charge >= 0.3 is 0 Å². The summed E-state index contributed by atoms with van der Waals surface area (Å²) in [6.07, 6.45) is 3.48. The molecule has 0 bridgehead atoms. The zero-order valence-electron chi connectivity index (χ0n) is 15.4.